The smallest absolute Gasteiger partial charge is 0.338 e. The normalized spacial score (nSPS) is 9.94. The molecule has 4 heteroatoms. The number of rotatable bonds is 4. The molecule has 0 atom stereocenters. The molecule has 0 saturated heterocycles. The van der Waals surface area contributed by atoms with Gasteiger partial charge < -0.3 is 4.74 Å². The van der Waals surface area contributed by atoms with Crippen molar-refractivity contribution >= 4 is 23.4 Å². The number of hydrogen-bond acceptors (Lipinski definition) is 3. The minimum absolute atomic E-state index is 0.0504. The Balaban J connectivity index is 3.10. The van der Waals surface area contributed by atoms with E-state index < -0.39 is 5.97 Å². The van der Waals surface area contributed by atoms with E-state index in [1.165, 1.54) is 14.0 Å². The maximum atomic E-state index is 11.5. The highest BCUT2D eigenvalue weighted by atomic mass is 35.5. The lowest BCUT2D eigenvalue weighted by Crippen LogP contribution is -2.07. The Hall–Kier alpha value is -1.35. The largest absolute Gasteiger partial charge is 0.465 e. The maximum absolute atomic E-state index is 11.5. The first-order chi connectivity index (χ1) is 7.58. The minimum atomic E-state index is -0.430. The third-order valence-corrected chi connectivity index (χ3v) is 2.46. The van der Waals surface area contributed by atoms with Gasteiger partial charge in [0.05, 0.1) is 12.7 Å². The van der Waals surface area contributed by atoms with E-state index in [1.54, 1.807) is 18.2 Å². The first kappa shape index (κ1) is 12.7. The van der Waals surface area contributed by atoms with Crippen LogP contribution in [-0.4, -0.2) is 18.9 Å². The van der Waals surface area contributed by atoms with Gasteiger partial charge in [-0.2, -0.15) is 0 Å². The minimum Gasteiger partial charge on any atom is -0.465 e. The number of ether oxygens (including phenoxy) is 1. The number of halogens is 1. The van der Waals surface area contributed by atoms with Gasteiger partial charge in [-0.05, 0) is 24.1 Å². The van der Waals surface area contributed by atoms with Gasteiger partial charge in [-0.3, -0.25) is 4.79 Å². The van der Waals surface area contributed by atoms with E-state index in [1.807, 2.05) is 0 Å². The number of hydrogen-bond donors (Lipinski definition) is 0. The van der Waals surface area contributed by atoms with Crippen molar-refractivity contribution < 1.29 is 14.3 Å². The number of Topliss-reactive ketones (excluding diaryl/α,β-unsaturated/α-hetero) is 1. The van der Waals surface area contributed by atoms with Crippen LogP contribution in [0.4, 0.5) is 0 Å². The van der Waals surface area contributed by atoms with Crippen molar-refractivity contribution in [2.45, 2.75) is 19.2 Å². The van der Waals surface area contributed by atoms with Crippen molar-refractivity contribution in [2.75, 3.05) is 7.11 Å². The van der Waals surface area contributed by atoms with E-state index in [9.17, 15) is 9.59 Å². The van der Waals surface area contributed by atoms with Crippen molar-refractivity contribution in [3.63, 3.8) is 0 Å². The summed E-state index contributed by atoms with van der Waals surface area (Å²) in [5.74, 6) is -0.138. The van der Waals surface area contributed by atoms with Crippen LogP contribution in [0.25, 0.3) is 0 Å². The SMILES string of the molecule is COC(=O)c1cc(CC(C)=O)ccc1CCl. The second kappa shape index (κ2) is 5.66. The van der Waals surface area contributed by atoms with Gasteiger partial charge >= 0.3 is 5.97 Å². The van der Waals surface area contributed by atoms with Gasteiger partial charge in [-0.1, -0.05) is 12.1 Å². The lowest BCUT2D eigenvalue weighted by atomic mass is 10.0. The molecule has 86 valence electrons. The number of alkyl halides is 1. The molecule has 0 radical (unpaired) electrons. The topological polar surface area (TPSA) is 43.4 Å². The van der Waals surface area contributed by atoms with E-state index in [2.05, 4.69) is 4.74 Å². The molecule has 0 N–H and O–H groups in total. The molecular weight excluding hydrogens is 228 g/mol. The van der Waals surface area contributed by atoms with Gasteiger partial charge in [-0.25, -0.2) is 4.79 Å². The Morgan fingerprint density at radius 1 is 1.38 bits per heavy atom. The van der Waals surface area contributed by atoms with E-state index in [0.29, 0.717) is 17.5 Å². The van der Waals surface area contributed by atoms with Crippen LogP contribution in [-0.2, 0) is 21.8 Å². The average Bonchev–Trinajstić information content (AvgIpc) is 2.27. The summed E-state index contributed by atoms with van der Waals surface area (Å²) in [5, 5.41) is 0. The van der Waals surface area contributed by atoms with Gasteiger partial charge in [-0.15, -0.1) is 11.6 Å². The molecule has 0 spiro atoms. The molecule has 16 heavy (non-hydrogen) atoms. The van der Waals surface area contributed by atoms with Crippen LogP contribution in [0.15, 0.2) is 18.2 Å². The molecule has 0 aliphatic heterocycles. The monoisotopic (exact) mass is 240 g/mol. The van der Waals surface area contributed by atoms with Crippen molar-refractivity contribution in [1.29, 1.82) is 0 Å². The molecule has 0 fully saturated rings. The number of carbonyl (C=O) groups is 2. The van der Waals surface area contributed by atoms with Crippen LogP contribution >= 0.6 is 11.6 Å². The van der Waals surface area contributed by atoms with Crippen LogP contribution < -0.4 is 0 Å². The second-order valence-electron chi connectivity index (χ2n) is 3.50. The first-order valence-electron chi connectivity index (χ1n) is 4.84. The summed E-state index contributed by atoms with van der Waals surface area (Å²) in [6.45, 7) is 1.51. The third kappa shape index (κ3) is 3.07. The summed E-state index contributed by atoms with van der Waals surface area (Å²) in [6, 6.07) is 5.20. The molecule has 1 aromatic carbocycles. The zero-order valence-corrected chi connectivity index (χ0v) is 10.0. The average molecular weight is 241 g/mol. The Kier molecular flexibility index (Phi) is 4.50. The Morgan fingerprint density at radius 3 is 2.56 bits per heavy atom. The molecule has 0 aromatic heterocycles. The van der Waals surface area contributed by atoms with Crippen LogP contribution in [0.3, 0.4) is 0 Å². The molecule has 1 rings (SSSR count). The quantitative estimate of drug-likeness (QED) is 0.599. The fourth-order valence-electron chi connectivity index (χ4n) is 1.44. The van der Waals surface area contributed by atoms with Crippen LogP contribution in [0, 0.1) is 0 Å². The fraction of sp³-hybridized carbons (Fsp3) is 0.333. The number of ketones is 1. The molecule has 0 bridgehead atoms. The van der Waals surface area contributed by atoms with Gasteiger partial charge in [0, 0.05) is 12.3 Å². The molecule has 0 aliphatic carbocycles. The van der Waals surface area contributed by atoms with Crippen LogP contribution in [0.2, 0.25) is 0 Å². The van der Waals surface area contributed by atoms with Crippen LogP contribution in [0.1, 0.15) is 28.4 Å². The summed E-state index contributed by atoms with van der Waals surface area (Å²) < 4.78 is 4.66. The zero-order chi connectivity index (χ0) is 12.1. The van der Waals surface area contributed by atoms with Crippen molar-refractivity contribution in [3.05, 3.63) is 34.9 Å². The predicted molar refractivity (Wildman–Crippen MR) is 61.7 cm³/mol. The predicted octanol–water partition coefficient (Wildman–Crippen LogP) is 2.34. The Morgan fingerprint density at radius 2 is 2.06 bits per heavy atom. The molecule has 1 aromatic rings. The van der Waals surface area contributed by atoms with Crippen molar-refractivity contribution in [3.8, 4) is 0 Å². The van der Waals surface area contributed by atoms with E-state index in [4.69, 9.17) is 11.6 Å². The number of benzene rings is 1. The third-order valence-electron chi connectivity index (χ3n) is 2.18. The lowest BCUT2D eigenvalue weighted by molar-refractivity contribution is -0.116. The van der Waals surface area contributed by atoms with Gasteiger partial charge in [0.25, 0.3) is 0 Å². The lowest BCUT2D eigenvalue weighted by Gasteiger charge is -2.07. The zero-order valence-electron chi connectivity index (χ0n) is 9.25. The summed E-state index contributed by atoms with van der Waals surface area (Å²) >= 11 is 5.72. The van der Waals surface area contributed by atoms with Crippen LogP contribution in [0.5, 0.6) is 0 Å². The van der Waals surface area contributed by atoms with Gasteiger partial charge in [0.2, 0.25) is 0 Å². The van der Waals surface area contributed by atoms with Gasteiger partial charge in [0.1, 0.15) is 5.78 Å². The Bertz CT molecular complexity index is 413. The molecule has 0 unspecified atom stereocenters. The molecular formula is C12H13ClO3. The number of methoxy groups -OCH3 is 1. The summed E-state index contributed by atoms with van der Waals surface area (Å²) in [6.07, 6.45) is 0.312. The summed E-state index contributed by atoms with van der Waals surface area (Å²) in [4.78, 5) is 22.4. The highest BCUT2D eigenvalue weighted by Crippen LogP contribution is 2.16. The number of esters is 1. The summed E-state index contributed by atoms with van der Waals surface area (Å²) in [5.41, 5.74) is 1.93. The van der Waals surface area contributed by atoms with E-state index in [0.717, 1.165) is 5.56 Å². The van der Waals surface area contributed by atoms with Crippen molar-refractivity contribution in [2.24, 2.45) is 0 Å². The van der Waals surface area contributed by atoms with E-state index in [-0.39, 0.29) is 11.7 Å². The highest BCUT2D eigenvalue weighted by Gasteiger charge is 2.12. The standard InChI is InChI=1S/C12H13ClO3/c1-8(14)5-9-3-4-10(7-13)11(6-9)12(15)16-2/h3-4,6H,5,7H2,1-2H3. The molecule has 0 saturated carbocycles. The first-order valence-corrected chi connectivity index (χ1v) is 5.37. The highest BCUT2D eigenvalue weighted by molar-refractivity contribution is 6.17. The molecule has 0 heterocycles. The van der Waals surface area contributed by atoms with Crippen molar-refractivity contribution in [1.82, 2.24) is 0 Å². The second-order valence-corrected chi connectivity index (χ2v) is 3.76. The Labute approximate surface area is 99.4 Å². The number of carbonyl (C=O) groups excluding carboxylic acids is 2. The van der Waals surface area contributed by atoms with E-state index >= 15 is 0 Å². The molecule has 0 amide bonds. The van der Waals surface area contributed by atoms with Gasteiger partial charge in [0.15, 0.2) is 0 Å². The summed E-state index contributed by atoms with van der Waals surface area (Å²) in [7, 11) is 1.32. The maximum Gasteiger partial charge on any atom is 0.338 e. The fourth-order valence-corrected chi connectivity index (χ4v) is 1.67. The molecule has 0 aliphatic rings. The molecule has 3 nitrogen and oxygen atoms in total.